The lowest BCUT2D eigenvalue weighted by Gasteiger charge is -2.30. The van der Waals surface area contributed by atoms with Crippen molar-refractivity contribution in [2.24, 2.45) is 5.73 Å². The van der Waals surface area contributed by atoms with Crippen LogP contribution in [0.4, 0.5) is 0 Å². The number of hydrogen-bond donors (Lipinski definition) is 2. The maximum atomic E-state index is 12.2. The Morgan fingerprint density at radius 3 is 2.79 bits per heavy atom. The second kappa shape index (κ2) is 5.74. The fourth-order valence-corrected chi connectivity index (χ4v) is 2.80. The van der Waals surface area contributed by atoms with E-state index < -0.39 is 5.54 Å². The van der Waals surface area contributed by atoms with E-state index in [-0.39, 0.29) is 11.9 Å². The van der Waals surface area contributed by atoms with E-state index in [4.69, 9.17) is 5.73 Å². The summed E-state index contributed by atoms with van der Waals surface area (Å²) in [6, 6.07) is 8.70. The molecule has 0 heterocycles. The van der Waals surface area contributed by atoms with E-state index in [0.717, 1.165) is 32.1 Å². The Hall–Kier alpha value is -1.35. The maximum Gasteiger partial charge on any atom is 0.240 e. The highest BCUT2D eigenvalue weighted by Crippen LogP contribution is 2.21. The topological polar surface area (TPSA) is 55.1 Å². The molecule has 0 aliphatic heterocycles. The third kappa shape index (κ3) is 3.35. The number of rotatable bonds is 4. The van der Waals surface area contributed by atoms with E-state index >= 15 is 0 Å². The Morgan fingerprint density at radius 1 is 1.42 bits per heavy atom. The highest BCUT2D eigenvalue weighted by atomic mass is 16.2. The molecule has 0 saturated carbocycles. The van der Waals surface area contributed by atoms with Crippen molar-refractivity contribution in [1.29, 1.82) is 0 Å². The monoisotopic (exact) mass is 260 g/mol. The van der Waals surface area contributed by atoms with Gasteiger partial charge in [0.25, 0.3) is 0 Å². The van der Waals surface area contributed by atoms with Crippen molar-refractivity contribution in [2.45, 2.75) is 57.5 Å². The Balaban J connectivity index is 1.97. The number of fused-ring (bicyclic) bond motifs is 1. The molecule has 1 amide bonds. The minimum Gasteiger partial charge on any atom is -0.351 e. The average Bonchev–Trinajstić information content (AvgIpc) is 2.38. The van der Waals surface area contributed by atoms with Crippen LogP contribution in [0.1, 0.15) is 44.2 Å². The van der Waals surface area contributed by atoms with Crippen molar-refractivity contribution in [3.05, 3.63) is 35.4 Å². The van der Waals surface area contributed by atoms with Crippen molar-refractivity contribution in [2.75, 3.05) is 0 Å². The number of hydrogen-bond acceptors (Lipinski definition) is 2. The second-order valence-corrected chi connectivity index (χ2v) is 5.85. The van der Waals surface area contributed by atoms with E-state index in [1.165, 1.54) is 11.1 Å². The molecule has 104 valence electrons. The zero-order valence-corrected chi connectivity index (χ0v) is 11.9. The average molecular weight is 260 g/mol. The molecule has 3 nitrogen and oxygen atoms in total. The molecule has 0 radical (unpaired) electrons. The van der Waals surface area contributed by atoms with Gasteiger partial charge < -0.3 is 11.1 Å². The standard InChI is InChI=1S/C16H24N2O/c1-3-10-16(2,17)15(19)18-14-9-8-12-6-4-5-7-13(12)11-14/h4-7,14H,3,8-11,17H2,1-2H3,(H,18,19). The van der Waals surface area contributed by atoms with Crippen LogP contribution in [0.15, 0.2) is 24.3 Å². The van der Waals surface area contributed by atoms with Gasteiger partial charge >= 0.3 is 0 Å². The Kier molecular flexibility index (Phi) is 4.25. The fraction of sp³-hybridized carbons (Fsp3) is 0.562. The van der Waals surface area contributed by atoms with Gasteiger partial charge in [0.1, 0.15) is 0 Å². The molecular weight excluding hydrogens is 236 g/mol. The van der Waals surface area contributed by atoms with E-state index in [9.17, 15) is 4.79 Å². The smallest absolute Gasteiger partial charge is 0.240 e. The summed E-state index contributed by atoms with van der Waals surface area (Å²) in [6.07, 6.45) is 4.61. The van der Waals surface area contributed by atoms with Gasteiger partial charge in [-0.05, 0) is 43.7 Å². The van der Waals surface area contributed by atoms with Crippen LogP contribution in [0.3, 0.4) is 0 Å². The van der Waals surface area contributed by atoms with Crippen LogP contribution < -0.4 is 11.1 Å². The van der Waals surface area contributed by atoms with E-state index in [1.54, 1.807) is 0 Å². The zero-order valence-electron chi connectivity index (χ0n) is 11.9. The summed E-state index contributed by atoms with van der Waals surface area (Å²) in [5, 5.41) is 3.12. The molecule has 2 rings (SSSR count). The Morgan fingerprint density at radius 2 is 2.11 bits per heavy atom. The van der Waals surface area contributed by atoms with Gasteiger partial charge in [0.2, 0.25) is 5.91 Å². The number of nitrogens with two attached hydrogens (primary N) is 1. The number of aryl methyl sites for hydroxylation is 1. The van der Waals surface area contributed by atoms with Crippen molar-refractivity contribution < 1.29 is 4.79 Å². The molecule has 1 aromatic carbocycles. The molecule has 0 fully saturated rings. The summed E-state index contributed by atoms with van der Waals surface area (Å²) < 4.78 is 0. The fourth-order valence-electron chi connectivity index (χ4n) is 2.80. The van der Waals surface area contributed by atoms with Gasteiger partial charge in [0.05, 0.1) is 5.54 Å². The third-order valence-corrected chi connectivity index (χ3v) is 3.97. The number of amides is 1. The van der Waals surface area contributed by atoms with E-state index in [2.05, 4.69) is 36.5 Å². The Bertz CT molecular complexity index is 454. The first-order valence-corrected chi connectivity index (χ1v) is 7.19. The molecular formula is C16H24N2O. The van der Waals surface area contributed by atoms with Gasteiger partial charge in [-0.3, -0.25) is 4.79 Å². The molecule has 0 spiro atoms. The molecule has 2 unspecified atom stereocenters. The van der Waals surface area contributed by atoms with Crippen molar-refractivity contribution >= 4 is 5.91 Å². The lowest BCUT2D eigenvalue weighted by Crippen LogP contribution is -2.54. The summed E-state index contributed by atoms with van der Waals surface area (Å²) in [5.74, 6) is -0.0151. The van der Waals surface area contributed by atoms with Crippen LogP contribution in [0.5, 0.6) is 0 Å². The molecule has 1 aromatic rings. The molecule has 19 heavy (non-hydrogen) atoms. The van der Waals surface area contributed by atoms with Gasteiger partial charge in [-0.1, -0.05) is 37.6 Å². The number of carbonyl (C=O) groups is 1. The minimum atomic E-state index is -0.744. The van der Waals surface area contributed by atoms with Crippen molar-refractivity contribution in [1.82, 2.24) is 5.32 Å². The molecule has 3 N–H and O–H groups in total. The van der Waals surface area contributed by atoms with Crippen LogP contribution in [-0.4, -0.2) is 17.5 Å². The largest absolute Gasteiger partial charge is 0.351 e. The van der Waals surface area contributed by atoms with Gasteiger partial charge in [0, 0.05) is 6.04 Å². The maximum absolute atomic E-state index is 12.2. The van der Waals surface area contributed by atoms with Gasteiger partial charge in [-0.15, -0.1) is 0 Å². The van der Waals surface area contributed by atoms with Gasteiger partial charge in [-0.25, -0.2) is 0 Å². The first-order valence-electron chi connectivity index (χ1n) is 7.19. The summed E-state index contributed by atoms with van der Waals surface area (Å²) in [4.78, 5) is 12.2. The Labute approximate surface area is 115 Å². The van der Waals surface area contributed by atoms with E-state index in [1.807, 2.05) is 6.92 Å². The second-order valence-electron chi connectivity index (χ2n) is 5.85. The molecule has 0 aromatic heterocycles. The minimum absolute atomic E-state index is 0.0151. The van der Waals surface area contributed by atoms with Crippen LogP contribution >= 0.6 is 0 Å². The van der Waals surface area contributed by atoms with Crippen LogP contribution in [0, 0.1) is 0 Å². The number of carbonyl (C=O) groups excluding carboxylic acids is 1. The predicted octanol–water partition coefficient (Wildman–Crippen LogP) is 2.18. The number of nitrogens with one attached hydrogen (secondary N) is 1. The van der Waals surface area contributed by atoms with Gasteiger partial charge in [-0.2, -0.15) is 0 Å². The first kappa shape index (κ1) is 14.1. The normalized spacial score (nSPS) is 21.3. The van der Waals surface area contributed by atoms with Crippen LogP contribution in [0.2, 0.25) is 0 Å². The zero-order chi connectivity index (χ0) is 13.9. The van der Waals surface area contributed by atoms with Gasteiger partial charge in [0.15, 0.2) is 0 Å². The lowest BCUT2D eigenvalue weighted by molar-refractivity contribution is -0.126. The number of benzene rings is 1. The third-order valence-electron chi connectivity index (χ3n) is 3.97. The summed E-state index contributed by atoms with van der Waals surface area (Å²) in [7, 11) is 0. The first-order chi connectivity index (χ1) is 9.03. The summed E-state index contributed by atoms with van der Waals surface area (Å²) in [6.45, 7) is 3.87. The lowest BCUT2D eigenvalue weighted by atomic mass is 9.87. The van der Waals surface area contributed by atoms with E-state index in [0.29, 0.717) is 0 Å². The summed E-state index contributed by atoms with van der Waals surface area (Å²) >= 11 is 0. The molecule has 3 heteroatoms. The van der Waals surface area contributed by atoms with Crippen molar-refractivity contribution in [3.63, 3.8) is 0 Å². The molecule has 1 aliphatic carbocycles. The highest BCUT2D eigenvalue weighted by Gasteiger charge is 2.30. The van der Waals surface area contributed by atoms with Crippen LogP contribution in [0.25, 0.3) is 0 Å². The highest BCUT2D eigenvalue weighted by molar-refractivity contribution is 5.85. The SMILES string of the molecule is CCCC(C)(N)C(=O)NC1CCc2ccccc2C1. The molecule has 0 bridgehead atoms. The quantitative estimate of drug-likeness (QED) is 0.872. The molecule has 0 saturated heterocycles. The van der Waals surface area contributed by atoms with Crippen molar-refractivity contribution in [3.8, 4) is 0 Å². The van der Waals surface area contributed by atoms with Crippen LogP contribution in [-0.2, 0) is 17.6 Å². The predicted molar refractivity (Wildman–Crippen MR) is 77.9 cm³/mol. The molecule has 2 atom stereocenters. The molecule has 1 aliphatic rings. The summed E-state index contributed by atoms with van der Waals surface area (Å²) in [5.41, 5.74) is 8.10.